The van der Waals surface area contributed by atoms with E-state index in [4.69, 9.17) is 0 Å². The summed E-state index contributed by atoms with van der Waals surface area (Å²) in [5.41, 5.74) is 0. The number of nitrogens with zero attached hydrogens (tertiary/aromatic N) is 1. The van der Waals surface area contributed by atoms with Crippen molar-refractivity contribution < 1.29 is 9.59 Å². The summed E-state index contributed by atoms with van der Waals surface area (Å²) >= 11 is 0. The molecule has 0 aromatic heterocycles. The van der Waals surface area contributed by atoms with Gasteiger partial charge in [-0.3, -0.25) is 9.59 Å². The first-order chi connectivity index (χ1) is 8.11. The highest BCUT2D eigenvalue weighted by Crippen LogP contribution is 2.28. The largest absolute Gasteiger partial charge is 0.344 e. The molecule has 96 valence electrons. The SMILES string of the molecule is CCC1NC(=O)CC(C)N(CC2CCC2)C1=O. The standard InChI is InChI=1S/C13H22N2O2/c1-3-11-13(17)15(8-10-5-4-6-10)9(2)7-12(16)14-11/h9-11H,3-8H2,1-2H3,(H,14,16). The normalized spacial score (nSPS) is 30.8. The van der Waals surface area contributed by atoms with E-state index in [0.29, 0.717) is 18.8 Å². The maximum absolute atomic E-state index is 12.3. The van der Waals surface area contributed by atoms with Crippen LogP contribution in [0.5, 0.6) is 0 Å². The fourth-order valence-electron chi connectivity index (χ4n) is 2.61. The Morgan fingerprint density at radius 3 is 2.59 bits per heavy atom. The second kappa shape index (κ2) is 5.07. The molecule has 0 radical (unpaired) electrons. The van der Waals surface area contributed by atoms with E-state index >= 15 is 0 Å². The number of carbonyl (C=O) groups is 2. The molecular weight excluding hydrogens is 216 g/mol. The molecule has 2 rings (SSSR count). The number of nitrogens with one attached hydrogen (secondary N) is 1. The smallest absolute Gasteiger partial charge is 0.245 e. The maximum Gasteiger partial charge on any atom is 0.245 e. The summed E-state index contributed by atoms with van der Waals surface area (Å²) in [7, 11) is 0. The van der Waals surface area contributed by atoms with Gasteiger partial charge in [0.25, 0.3) is 0 Å². The highest BCUT2D eigenvalue weighted by Gasteiger charge is 2.34. The number of carbonyl (C=O) groups excluding carboxylic acids is 2. The van der Waals surface area contributed by atoms with E-state index in [1.54, 1.807) is 0 Å². The lowest BCUT2D eigenvalue weighted by atomic mass is 9.84. The third kappa shape index (κ3) is 2.61. The molecule has 0 bridgehead atoms. The van der Waals surface area contributed by atoms with Gasteiger partial charge in [0.2, 0.25) is 11.8 Å². The Balaban J connectivity index is 2.08. The Hall–Kier alpha value is -1.06. The summed E-state index contributed by atoms with van der Waals surface area (Å²) in [6, 6.07) is -0.271. The molecule has 17 heavy (non-hydrogen) atoms. The zero-order chi connectivity index (χ0) is 12.4. The molecule has 1 aliphatic carbocycles. The second-order valence-electron chi connectivity index (χ2n) is 5.37. The third-order valence-electron chi connectivity index (χ3n) is 4.02. The predicted molar refractivity (Wildman–Crippen MR) is 65.4 cm³/mol. The van der Waals surface area contributed by atoms with Crippen molar-refractivity contribution in [3.05, 3.63) is 0 Å². The van der Waals surface area contributed by atoms with E-state index < -0.39 is 0 Å². The van der Waals surface area contributed by atoms with Crippen LogP contribution in [0.25, 0.3) is 0 Å². The Labute approximate surface area is 103 Å². The summed E-state index contributed by atoms with van der Waals surface area (Å²) in [5.74, 6) is 0.777. The fourth-order valence-corrected chi connectivity index (χ4v) is 2.61. The van der Waals surface area contributed by atoms with Crippen molar-refractivity contribution in [1.29, 1.82) is 0 Å². The van der Waals surface area contributed by atoms with Crippen LogP contribution < -0.4 is 5.32 Å². The van der Waals surface area contributed by atoms with Crippen LogP contribution in [0.2, 0.25) is 0 Å². The third-order valence-corrected chi connectivity index (χ3v) is 4.02. The van der Waals surface area contributed by atoms with E-state index in [2.05, 4.69) is 5.32 Å². The van der Waals surface area contributed by atoms with Crippen molar-refractivity contribution in [2.24, 2.45) is 5.92 Å². The lowest BCUT2D eigenvalue weighted by molar-refractivity contribution is -0.136. The molecule has 0 aromatic carbocycles. The van der Waals surface area contributed by atoms with Gasteiger partial charge in [-0.1, -0.05) is 13.3 Å². The first kappa shape index (κ1) is 12.4. The fraction of sp³-hybridized carbons (Fsp3) is 0.846. The Morgan fingerprint density at radius 2 is 2.06 bits per heavy atom. The highest BCUT2D eigenvalue weighted by atomic mass is 16.2. The van der Waals surface area contributed by atoms with Crippen molar-refractivity contribution in [2.45, 2.75) is 58.0 Å². The summed E-state index contributed by atoms with van der Waals surface area (Å²) in [6.07, 6.45) is 4.87. The molecule has 2 amide bonds. The van der Waals surface area contributed by atoms with Crippen molar-refractivity contribution in [3.8, 4) is 0 Å². The summed E-state index contributed by atoms with van der Waals surface area (Å²) in [4.78, 5) is 25.9. The monoisotopic (exact) mass is 238 g/mol. The average Bonchev–Trinajstić information content (AvgIpc) is 2.32. The summed E-state index contributed by atoms with van der Waals surface area (Å²) < 4.78 is 0. The van der Waals surface area contributed by atoms with Crippen LogP contribution in [0.1, 0.15) is 46.0 Å². The topological polar surface area (TPSA) is 49.4 Å². The van der Waals surface area contributed by atoms with Crippen molar-refractivity contribution in [3.63, 3.8) is 0 Å². The van der Waals surface area contributed by atoms with Crippen molar-refractivity contribution >= 4 is 11.8 Å². The molecule has 2 fully saturated rings. The van der Waals surface area contributed by atoms with Crippen LogP contribution in [-0.2, 0) is 9.59 Å². The first-order valence-corrected chi connectivity index (χ1v) is 6.71. The van der Waals surface area contributed by atoms with E-state index in [1.807, 2.05) is 18.7 Å². The quantitative estimate of drug-likeness (QED) is 0.805. The molecule has 0 aromatic rings. The molecule has 1 N–H and O–H groups in total. The molecule has 4 nitrogen and oxygen atoms in total. The molecule has 1 saturated heterocycles. The van der Waals surface area contributed by atoms with Gasteiger partial charge in [0.05, 0.1) is 0 Å². The number of hydrogen-bond acceptors (Lipinski definition) is 2. The number of amides is 2. The highest BCUT2D eigenvalue weighted by molar-refractivity contribution is 5.90. The molecule has 4 heteroatoms. The van der Waals surface area contributed by atoms with Gasteiger partial charge >= 0.3 is 0 Å². The lowest BCUT2D eigenvalue weighted by Gasteiger charge is -2.35. The summed E-state index contributed by atoms with van der Waals surface area (Å²) in [5, 5.41) is 2.82. The molecule has 1 saturated carbocycles. The molecule has 2 aliphatic rings. The van der Waals surface area contributed by atoms with Gasteiger partial charge in [0.1, 0.15) is 6.04 Å². The van der Waals surface area contributed by atoms with Gasteiger partial charge in [-0.15, -0.1) is 0 Å². The van der Waals surface area contributed by atoms with Gasteiger partial charge in [-0.05, 0) is 32.1 Å². The molecule has 1 aliphatic heterocycles. The Morgan fingerprint density at radius 1 is 1.35 bits per heavy atom. The van der Waals surface area contributed by atoms with E-state index in [-0.39, 0.29) is 23.9 Å². The number of hydrogen-bond donors (Lipinski definition) is 1. The van der Waals surface area contributed by atoms with Gasteiger partial charge in [-0.2, -0.15) is 0 Å². The lowest BCUT2D eigenvalue weighted by Crippen LogP contribution is -2.48. The average molecular weight is 238 g/mol. The van der Waals surface area contributed by atoms with Gasteiger partial charge < -0.3 is 10.2 Å². The van der Waals surface area contributed by atoms with Crippen LogP contribution in [-0.4, -0.2) is 35.3 Å². The van der Waals surface area contributed by atoms with Crippen molar-refractivity contribution in [2.75, 3.05) is 6.54 Å². The molecular formula is C13H22N2O2. The van der Waals surface area contributed by atoms with Crippen LogP contribution in [0.3, 0.4) is 0 Å². The Bertz CT molecular complexity index is 313. The minimum atomic E-state index is -0.312. The first-order valence-electron chi connectivity index (χ1n) is 6.71. The van der Waals surface area contributed by atoms with Gasteiger partial charge in [0, 0.05) is 19.0 Å². The second-order valence-corrected chi connectivity index (χ2v) is 5.37. The van der Waals surface area contributed by atoms with E-state index in [0.717, 1.165) is 6.54 Å². The molecule has 1 heterocycles. The minimum Gasteiger partial charge on any atom is -0.344 e. The zero-order valence-corrected chi connectivity index (χ0v) is 10.7. The van der Waals surface area contributed by atoms with E-state index in [1.165, 1.54) is 19.3 Å². The minimum absolute atomic E-state index is 0.00816. The maximum atomic E-state index is 12.3. The molecule has 2 atom stereocenters. The molecule has 0 spiro atoms. The Kier molecular flexibility index (Phi) is 3.69. The van der Waals surface area contributed by atoms with Crippen LogP contribution in [0, 0.1) is 5.92 Å². The van der Waals surface area contributed by atoms with E-state index in [9.17, 15) is 9.59 Å². The molecule has 2 unspecified atom stereocenters. The van der Waals surface area contributed by atoms with Crippen LogP contribution in [0.15, 0.2) is 0 Å². The van der Waals surface area contributed by atoms with Gasteiger partial charge in [0.15, 0.2) is 0 Å². The van der Waals surface area contributed by atoms with Crippen molar-refractivity contribution in [1.82, 2.24) is 10.2 Å². The van der Waals surface area contributed by atoms with Gasteiger partial charge in [-0.25, -0.2) is 0 Å². The predicted octanol–water partition coefficient (Wildman–Crippen LogP) is 1.30. The number of rotatable bonds is 3. The van der Waals surface area contributed by atoms with Crippen LogP contribution >= 0.6 is 0 Å². The zero-order valence-electron chi connectivity index (χ0n) is 10.7. The summed E-state index contributed by atoms with van der Waals surface area (Å²) in [6.45, 7) is 4.76. The van der Waals surface area contributed by atoms with Crippen LogP contribution in [0.4, 0.5) is 0 Å².